The molecule has 2 heterocycles. The number of rotatable bonds is 4. The Morgan fingerprint density at radius 3 is 2.76 bits per heavy atom. The molecule has 2 rings (SSSR count). The van der Waals surface area contributed by atoms with Crippen molar-refractivity contribution in [2.45, 2.75) is 20.4 Å². The van der Waals surface area contributed by atoms with E-state index in [0.29, 0.717) is 0 Å². The number of nitrogens with zero attached hydrogens (tertiary/aromatic N) is 1. The van der Waals surface area contributed by atoms with Gasteiger partial charge in [-0.2, -0.15) is 0 Å². The van der Waals surface area contributed by atoms with Gasteiger partial charge in [-0.25, -0.2) is 0 Å². The quantitative estimate of drug-likeness (QED) is 0.765. The topological polar surface area (TPSA) is 22.0 Å². The van der Waals surface area contributed by atoms with Gasteiger partial charge in [0.05, 0.1) is 10.9 Å². The molecule has 0 aliphatic rings. The summed E-state index contributed by atoms with van der Waals surface area (Å²) >= 11 is 7.45. The first-order valence-corrected chi connectivity index (χ1v) is 6.70. The lowest BCUT2D eigenvalue weighted by atomic mass is 10.0. The number of hydrogen-bond acceptors (Lipinski definition) is 2. The van der Waals surface area contributed by atoms with E-state index in [1.54, 1.807) is 11.3 Å². The summed E-state index contributed by atoms with van der Waals surface area (Å²) in [7, 11) is 0. The van der Waals surface area contributed by atoms with Crippen LogP contribution in [0.2, 0.25) is 4.34 Å². The van der Waals surface area contributed by atoms with Crippen molar-refractivity contribution in [3.05, 3.63) is 45.4 Å². The molecule has 2 nitrogen and oxygen atoms in total. The fourth-order valence-corrected chi connectivity index (χ4v) is 2.73. The normalized spacial score (nSPS) is 11.1. The van der Waals surface area contributed by atoms with Crippen LogP contribution in [0.25, 0.3) is 0 Å². The lowest BCUT2D eigenvalue weighted by molar-refractivity contribution is 0.0939. The summed E-state index contributed by atoms with van der Waals surface area (Å²) in [5.74, 6) is 0.231. The number of aromatic nitrogens is 1. The van der Waals surface area contributed by atoms with Gasteiger partial charge >= 0.3 is 0 Å². The van der Waals surface area contributed by atoms with E-state index in [9.17, 15) is 4.79 Å². The van der Waals surface area contributed by atoms with Crippen LogP contribution in [0.5, 0.6) is 0 Å². The van der Waals surface area contributed by atoms with Gasteiger partial charge in [-0.1, -0.05) is 25.4 Å². The van der Waals surface area contributed by atoms with Gasteiger partial charge in [0, 0.05) is 28.8 Å². The molecule has 0 aromatic carbocycles. The van der Waals surface area contributed by atoms with Crippen molar-refractivity contribution in [3.63, 3.8) is 0 Å². The monoisotopic (exact) mass is 267 g/mol. The predicted octanol–water partition coefficient (Wildman–Crippen LogP) is 4.09. The molecule has 0 aliphatic heterocycles. The van der Waals surface area contributed by atoms with Crippen molar-refractivity contribution in [1.29, 1.82) is 0 Å². The highest BCUT2D eigenvalue weighted by atomic mass is 35.5. The Morgan fingerprint density at radius 2 is 2.18 bits per heavy atom. The molecule has 0 unspecified atom stereocenters. The van der Waals surface area contributed by atoms with E-state index < -0.39 is 0 Å². The molecule has 90 valence electrons. The van der Waals surface area contributed by atoms with Crippen LogP contribution < -0.4 is 0 Å². The van der Waals surface area contributed by atoms with E-state index in [2.05, 4.69) is 0 Å². The minimum atomic E-state index is 0.0435. The zero-order valence-electron chi connectivity index (χ0n) is 9.81. The van der Waals surface area contributed by atoms with Crippen LogP contribution in [0.4, 0.5) is 0 Å². The molecule has 0 amide bonds. The molecule has 0 saturated heterocycles. The molecule has 0 spiro atoms. The van der Waals surface area contributed by atoms with Gasteiger partial charge < -0.3 is 4.57 Å². The molecule has 0 saturated carbocycles. The van der Waals surface area contributed by atoms with Crippen LogP contribution in [-0.4, -0.2) is 10.4 Å². The number of thiophene rings is 1. The van der Waals surface area contributed by atoms with Gasteiger partial charge in [-0.05, 0) is 18.2 Å². The maximum atomic E-state index is 11.8. The molecule has 2 aromatic heterocycles. The van der Waals surface area contributed by atoms with Crippen LogP contribution in [0.15, 0.2) is 30.6 Å². The van der Waals surface area contributed by atoms with Crippen LogP contribution in [0.3, 0.4) is 0 Å². The second kappa shape index (κ2) is 5.07. The third-order valence-corrected chi connectivity index (χ3v) is 3.74. The number of Topliss-reactive ketones (excluding diaryl/α,β-unsaturated/α-hetero) is 1. The summed E-state index contributed by atoms with van der Waals surface area (Å²) in [6.45, 7) is 4.60. The first-order chi connectivity index (χ1) is 8.06. The third-order valence-electron chi connectivity index (χ3n) is 2.53. The van der Waals surface area contributed by atoms with Crippen molar-refractivity contribution in [1.82, 2.24) is 4.57 Å². The summed E-state index contributed by atoms with van der Waals surface area (Å²) in [5.41, 5.74) is 0.780. The molecule has 2 aromatic rings. The van der Waals surface area contributed by atoms with E-state index in [1.165, 1.54) is 4.88 Å². The van der Waals surface area contributed by atoms with E-state index in [4.69, 9.17) is 11.6 Å². The zero-order chi connectivity index (χ0) is 12.4. The summed E-state index contributed by atoms with van der Waals surface area (Å²) in [6, 6.07) is 5.78. The molecule has 4 heteroatoms. The minimum Gasteiger partial charge on any atom is -0.348 e. The van der Waals surface area contributed by atoms with Crippen molar-refractivity contribution in [2.75, 3.05) is 0 Å². The van der Waals surface area contributed by atoms with Gasteiger partial charge in [0.2, 0.25) is 0 Å². The van der Waals surface area contributed by atoms with E-state index in [0.717, 1.165) is 16.4 Å². The van der Waals surface area contributed by atoms with Crippen molar-refractivity contribution >= 4 is 28.7 Å². The summed E-state index contributed by atoms with van der Waals surface area (Å²) in [5, 5.41) is 0. The SMILES string of the molecule is CC(C)C(=O)c1ccn(Cc2ccc(Cl)s2)c1. The summed E-state index contributed by atoms with van der Waals surface area (Å²) in [4.78, 5) is 13.0. The second-order valence-corrected chi connectivity index (χ2v) is 6.10. The Labute approximate surface area is 110 Å². The van der Waals surface area contributed by atoms with Crippen molar-refractivity contribution < 1.29 is 4.79 Å². The maximum absolute atomic E-state index is 11.8. The average molecular weight is 268 g/mol. The Hall–Kier alpha value is -1.06. The Morgan fingerprint density at radius 1 is 1.41 bits per heavy atom. The Bertz CT molecular complexity index is 527. The molecule has 0 radical (unpaired) electrons. The Balaban J connectivity index is 2.11. The van der Waals surface area contributed by atoms with Crippen LogP contribution in [0, 0.1) is 5.92 Å². The van der Waals surface area contributed by atoms with Gasteiger partial charge in [0.25, 0.3) is 0 Å². The second-order valence-electron chi connectivity index (χ2n) is 4.30. The van der Waals surface area contributed by atoms with Gasteiger partial charge in [-0.15, -0.1) is 11.3 Å². The molecule has 17 heavy (non-hydrogen) atoms. The van der Waals surface area contributed by atoms with Crippen molar-refractivity contribution in [3.8, 4) is 0 Å². The fraction of sp³-hybridized carbons (Fsp3) is 0.308. The molecule has 0 aliphatic carbocycles. The smallest absolute Gasteiger partial charge is 0.166 e. The summed E-state index contributed by atoms with van der Waals surface area (Å²) in [6.07, 6.45) is 3.83. The lowest BCUT2D eigenvalue weighted by Crippen LogP contribution is -2.06. The number of halogens is 1. The van der Waals surface area contributed by atoms with Gasteiger partial charge in [0.1, 0.15) is 0 Å². The first kappa shape index (κ1) is 12.4. The zero-order valence-corrected chi connectivity index (χ0v) is 11.4. The number of hydrogen-bond donors (Lipinski definition) is 0. The molecule has 0 N–H and O–H groups in total. The Kier molecular flexibility index (Phi) is 3.69. The van der Waals surface area contributed by atoms with E-state index >= 15 is 0 Å². The lowest BCUT2D eigenvalue weighted by Gasteiger charge is -2.01. The third kappa shape index (κ3) is 2.99. The van der Waals surface area contributed by atoms with E-state index in [1.807, 2.05) is 49.0 Å². The molecule has 0 atom stereocenters. The van der Waals surface area contributed by atoms with Gasteiger partial charge in [0.15, 0.2) is 5.78 Å². The predicted molar refractivity (Wildman–Crippen MR) is 72.0 cm³/mol. The highest BCUT2D eigenvalue weighted by molar-refractivity contribution is 7.16. The maximum Gasteiger partial charge on any atom is 0.166 e. The fourth-order valence-electron chi connectivity index (χ4n) is 1.63. The number of carbonyl (C=O) groups is 1. The molecular formula is C13H14ClNOS. The standard InChI is InChI=1S/C13H14ClNOS/c1-9(2)13(16)10-5-6-15(7-10)8-11-3-4-12(14)17-11/h3-7,9H,8H2,1-2H3. The van der Waals surface area contributed by atoms with Crippen molar-refractivity contribution in [2.24, 2.45) is 5.92 Å². The largest absolute Gasteiger partial charge is 0.348 e. The van der Waals surface area contributed by atoms with Crippen LogP contribution >= 0.6 is 22.9 Å². The number of carbonyl (C=O) groups excluding carboxylic acids is 1. The minimum absolute atomic E-state index is 0.0435. The molecular weight excluding hydrogens is 254 g/mol. The highest BCUT2D eigenvalue weighted by Gasteiger charge is 2.11. The first-order valence-electron chi connectivity index (χ1n) is 5.50. The van der Waals surface area contributed by atoms with Crippen LogP contribution in [-0.2, 0) is 6.54 Å². The van der Waals surface area contributed by atoms with Gasteiger partial charge in [-0.3, -0.25) is 4.79 Å². The van der Waals surface area contributed by atoms with E-state index in [-0.39, 0.29) is 11.7 Å². The molecule has 0 fully saturated rings. The summed E-state index contributed by atoms with van der Waals surface area (Å²) < 4.78 is 2.81. The highest BCUT2D eigenvalue weighted by Crippen LogP contribution is 2.22. The molecule has 0 bridgehead atoms. The number of ketones is 1. The van der Waals surface area contributed by atoms with Crippen LogP contribution in [0.1, 0.15) is 29.1 Å². The average Bonchev–Trinajstić information content (AvgIpc) is 2.87.